The first-order chi connectivity index (χ1) is 9.61. The number of nitrogens with two attached hydrogens (primary N) is 1. The van der Waals surface area contributed by atoms with Gasteiger partial charge in [-0.15, -0.1) is 0 Å². The quantitative estimate of drug-likeness (QED) is 0.826. The second-order valence-corrected chi connectivity index (χ2v) is 5.79. The van der Waals surface area contributed by atoms with Gasteiger partial charge in [0.05, 0.1) is 6.04 Å². The van der Waals surface area contributed by atoms with Gasteiger partial charge in [-0.1, -0.05) is 75.7 Å². The van der Waals surface area contributed by atoms with E-state index in [0.29, 0.717) is 5.92 Å². The van der Waals surface area contributed by atoms with Gasteiger partial charge >= 0.3 is 0 Å². The normalized spacial score (nSPS) is 12.7. The summed E-state index contributed by atoms with van der Waals surface area (Å²) in [6.45, 7) is 6.62. The van der Waals surface area contributed by atoms with E-state index >= 15 is 0 Å². The van der Waals surface area contributed by atoms with E-state index in [1.165, 1.54) is 28.7 Å². The Bertz CT molecular complexity index is 523. The molecular formula is C19H25N. The molecule has 0 radical (unpaired) electrons. The average Bonchev–Trinajstić information content (AvgIpc) is 2.48. The summed E-state index contributed by atoms with van der Waals surface area (Å²) in [7, 11) is 0. The molecule has 0 aliphatic heterocycles. The third kappa shape index (κ3) is 3.49. The molecule has 2 N–H and O–H groups in total. The van der Waals surface area contributed by atoms with E-state index in [1.54, 1.807) is 0 Å². The summed E-state index contributed by atoms with van der Waals surface area (Å²) in [5, 5.41) is 0. The van der Waals surface area contributed by atoms with Crippen molar-refractivity contribution in [2.45, 2.75) is 45.6 Å². The second kappa shape index (κ2) is 6.71. The van der Waals surface area contributed by atoms with E-state index in [-0.39, 0.29) is 6.04 Å². The van der Waals surface area contributed by atoms with Gasteiger partial charge in [0, 0.05) is 0 Å². The van der Waals surface area contributed by atoms with Crippen LogP contribution in [0.1, 0.15) is 61.4 Å². The molecule has 2 aromatic carbocycles. The van der Waals surface area contributed by atoms with Crippen LogP contribution in [0.15, 0.2) is 48.5 Å². The first-order valence-electron chi connectivity index (χ1n) is 7.56. The van der Waals surface area contributed by atoms with Crippen LogP contribution in [0.25, 0.3) is 0 Å². The molecule has 2 aromatic rings. The van der Waals surface area contributed by atoms with Crippen LogP contribution in [0.2, 0.25) is 0 Å². The molecule has 0 amide bonds. The summed E-state index contributed by atoms with van der Waals surface area (Å²) in [5.74, 6) is 0.564. The molecule has 0 aliphatic rings. The SMILES string of the molecule is CCCc1ccc(C(N)c2ccc(C(C)C)cc2)cc1. The third-order valence-corrected chi connectivity index (χ3v) is 3.84. The number of rotatable bonds is 5. The highest BCUT2D eigenvalue weighted by Gasteiger charge is 2.09. The lowest BCUT2D eigenvalue weighted by Gasteiger charge is -2.14. The molecule has 0 fully saturated rings. The highest BCUT2D eigenvalue weighted by Crippen LogP contribution is 2.22. The Hall–Kier alpha value is -1.60. The van der Waals surface area contributed by atoms with Crippen LogP contribution in [-0.4, -0.2) is 0 Å². The molecule has 0 aliphatic carbocycles. The molecule has 1 atom stereocenters. The Labute approximate surface area is 122 Å². The van der Waals surface area contributed by atoms with Crippen LogP contribution in [0, 0.1) is 0 Å². The molecular weight excluding hydrogens is 242 g/mol. The lowest BCUT2D eigenvalue weighted by atomic mass is 9.95. The Balaban J connectivity index is 2.15. The maximum Gasteiger partial charge on any atom is 0.0551 e. The van der Waals surface area contributed by atoms with Gasteiger partial charge in [-0.05, 0) is 34.6 Å². The van der Waals surface area contributed by atoms with E-state index in [9.17, 15) is 0 Å². The van der Waals surface area contributed by atoms with Gasteiger partial charge in [0.2, 0.25) is 0 Å². The Morgan fingerprint density at radius 1 is 0.800 bits per heavy atom. The van der Waals surface area contributed by atoms with Crippen LogP contribution in [0.5, 0.6) is 0 Å². The Morgan fingerprint density at radius 2 is 1.25 bits per heavy atom. The van der Waals surface area contributed by atoms with E-state index in [4.69, 9.17) is 5.73 Å². The number of hydrogen-bond donors (Lipinski definition) is 1. The van der Waals surface area contributed by atoms with Gasteiger partial charge in [0.15, 0.2) is 0 Å². The molecule has 0 spiro atoms. The Kier molecular flexibility index (Phi) is 4.97. The molecule has 20 heavy (non-hydrogen) atoms. The summed E-state index contributed by atoms with van der Waals surface area (Å²) >= 11 is 0. The molecule has 106 valence electrons. The van der Waals surface area contributed by atoms with Crippen molar-refractivity contribution in [3.63, 3.8) is 0 Å². The molecule has 0 saturated carbocycles. The second-order valence-electron chi connectivity index (χ2n) is 5.79. The summed E-state index contributed by atoms with van der Waals surface area (Å²) in [5.41, 5.74) is 11.5. The zero-order chi connectivity index (χ0) is 14.5. The Morgan fingerprint density at radius 3 is 1.70 bits per heavy atom. The predicted molar refractivity (Wildman–Crippen MR) is 87.0 cm³/mol. The minimum absolute atomic E-state index is 0.0353. The average molecular weight is 267 g/mol. The van der Waals surface area contributed by atoms with E-state index in [0.717, 1.165) is 6.42 Å². The zero-order valence-corrected chi connectivity index (χ0v) is 12.8. The van der Waals surface area contributed by atoms with Crippen LogP contribution in [0.3, 0.4) is 0 Å². The van der Waals surface area contributed by atoms with Crippen LogP contribution in [0.4, 0.5) is 0 Å². The lowest BCUT2D eigenvalue weighted by Crippen LogP contribution is -2.11. The van der Waals surface area contributed by atoms with Crippen LogP contribution < -0.4 is 5.73 Å². The van der Waals surface area contributed by atoms with Gasteiger partial charge < -0.3 is 5.73 Å². The summed E-state index contributed by atoms with van der Waals surface area (Å²) in [6, 6.07) is 17.4. The predicted octanol–water partition coefficient (Wildman–Crippen LogP) is 4.81. The first kappa shape index (κ1) is 14.8. The number of aryl methyl sites for hydroxylation is 1. The minimum atomic E-state index is -0.0353. The topological polar surface area (TPSA) is 26.0 Å². The maximum absolute atomic E-state index is 6.37. The molecule has 0 bridgehead atoms. The smallest absolute Gasteiger partial charge is 0.0551 e. The van der Waals surface area contributed by atoms with Gasteiger partial charge in [-0.25, -0.2) is 0 Å². The first-order valence-corrected chi connectivity index (χ1v) is 7.56. The fourth-order valence-corrected chi connectivity index (χ4v) is 2.46. The van der Waals surface area contributed by atoms with Gasteiger partial charge in [-0.2, -0.15) is 0 Å². The highest BCUT2D eigenvalue weighted by atomic mass is 14.6. The molecule has 1 heteroatoms. The summed E-state index contributed by atoms with van der Waals surface area (Å²) < 4.78 is 0. The zero-order valence-electron chi connectivity index (χ0n) is 12.8. The maximum atomic E-state index is 6.37. The fraction of sp³-hybridized carbons (Fsp3) is 0.368. The number of benzene rings is 2. The highest BCUT2D eigenvalue weighted by molar-refractivity contribution is 5.35. The molecule has 1 nitrogen and oxygen atoms in total. The van der Waals surface area contributed by atoms with Crippen molar-refractivity contribution in [2.75, 3.05) is 0 Å². The largest absolute Gasteiger partial charge is 0.320 e. The lowest BCUT2D eigenvalue weighted by molar-refractivity contribution is 0.845. The van der Waals surface area contributed by atoms with E-state index < -0.39 is 0 Å². The van der Waals surface area contributed by atoms with Crippen LogP contribution >= 0.6 is 0 Å². The standard InChI is InChI=1S/C19H25N/c1-4-5-15-6-8-17(9-7-15)19(20)18-12-10-16(11-13-18)14(2)3/h6-14,19H,4-5,20H2,1-3H3. The third-order valence-electron chi connectivity index (χ3n) is 3.84. The summed E-state index contributed by atoms with van der Waals surface area (Å²) in [6.07, 6.45) is 2.32. The molecule has 2 rings (SSSR count). The molecule has 0 saturated heterocycles. The van der Waals surface area contributed by atoms with Crippen molar-refractivity contribution in [2.24, 2.45) is 5.73 Å². The van der Waals surface area contributed by atoms with Gasteiger partial charge in [-0.3, -0.25) is 0 Å². The van der Waals surface area contributed by atoms with Crippen molar-refractivity contribution in [3.05, 3.63) is 70.8 Å². The van der Waals surface area contributed by atoms with Gasteiger partial charge in [0.25, 0.3) is 0 Å². The van der Waals surface area contributed by atoms with E-state index in [2.05, 4.69) is 69.3 Å². The monoisotopic (exact) mass is 267 g/mol. The fourth-order valence-electron chi connectivity index (χ4n) is 2.46. The van der Waals surface area contributed by atoms with Crippen molar-refractivity contribution >= 4 is 0 Å². The molecule has 0 aromatic heterocycles. The molecule has 1 unspecified atom stereocenters. The van der Waals surface area contributed by atoms with Crippen molar-refractivity contribution in [1.82, 2.24) is 0 Å². The van der Waals surface area contributed by atoms with Gasteiger partial charge in [0.1, 0.15) is 0 Å². The van der Waals surface area contributed by atoms with Crippen molar-refractivity contribution < 1.29 is 0 Å². The van der Waals surface area contributed by atoms with E-state index in [1.807, 2.05) is 0 Å². The van der Waals surface area contributed by atoms with Crippen LogP contribution in [-0.2, 0) is 6.42 Å². The van der Waals surface area contributed by atoms with Crippen molar-refractivity contribution in [1.29, 1.82) is 0 Å². The van der Waals surface area contributed by atoms with Crippen molar-refractivity contribution in [3.8, 4) is 0 Å². The summed E-state index contributed by atoms with van der Waals surface area (Å²) in [4.78, 5) is 0. The number of hydrogen-bond acceptors (Lipinski definition) is 1. The molecule has 0 heterocycles. The minimum Gasteiger partial charge on any atom is -0.320 e.